The van der Waals surface area contributed by atoms with Gasteiger partial charge in [0.15, 0.2) is 6.10 Å². The molecule has 0 unspecified atom stereocenters. The number of benzene rings is 1. The van der Waals surface area contributed by atoms with Crippen LogP contribution in [0.2, 0.25) is 0 Å². The third-order valence-electron chi connectivity index (χ3n) is 3.26. The molecule has 0 heterocycles. The molecule has 1 N–H and O–H groups in total. The van der Waals surface area contributed by atoms with Gasteiger partial charge in [0, 0.05) is 13.2 Å². The minimum atomic E-state index is -3.49. The minimum Gasteiger partial charge on any atom is -0.485 e. The molecule has 0 radical (unpaired) electrons. The Kier molecular flexibility index (Phi) is 9.88. The highest BCUT2D eigenvalue weighted by molar-refractivity contribution is 7.89. The van der Waals surface area contributed by atoms with Gasteiger partial charge in [-0.05, 0) is 31.0 Å². The van der Waals surface area contributed by atoms with E-state index in [0.717, 1.165) is 0 Å². The summed E-state index contributed by atoms with van der Waals surface area (Å²) < 4.78 is 66.7. The van der Waals surface area contributed by atoms with Crippen molar-refractivity contribution in [1.29, 1.82) is 0 Å². The predicted octanol–water partition coefficient (Wildman–Crippen LogP) is 2.36. The molecule has 0 bridgehead atoms. The largest absolute Gasteiger partial charge is 0.485 e. The Labute approximate surface area is 147 Å². The summed E-state index contributed by atoms with van der Waals surface area (Å²) >= 11 is 0. The van der Waals surface area contributed by atoms with E-state index < -0.39 is 35.5 Å². The fourth-order valence-electron chi connectivity index (χ4n) is 2.04. The first kappa shape index (κ1) is 21.8. The summed E-state index contributed by atoms with van der Waals surface area (Å²) in [5.74, 6) is 0.208. The quantitative estimate of drug-likeness (QED) is 0.419. The second-order valence-corrected chi connectivity index (χ2v) is 7.32. The zero-order valence-electron chi connectivity index (χ0n) is 14.4. The molecule has 0 fully saturated rings. The summed E-state index contributed by atoms with van der Waals surface area (Å²) in [5.41, 5.74) is 0.633. The number of rotatable bonds is 13. The minimum absolute atomic E-state index is 0.0803. The van der Waals surface area contributed by atoms with Crippen LogP contribution in [0.5, 0.6) is 5.75 Å². The lowest BCUT2D eigenvalue weighted by Crippen LogP contribution is -2.29. The van der Waals surface area contributed by atoms with Crippen LogP contribution in [0.4, 0.5) is 8.78 Å². The van der Waals surface area contributed by atoms with E-state index in [2.05, 4.69) is 4.72 Å². The van der Waals surface area contributed by atoms with Gasteiger partial charge in [0.2, 0.25) is 10.0 Å². The molecule has 0 aliphatic heterocycles. The molecule has 1 aromatic carbocycles. The SMILES string of the molecule is COCOCCCS(=O)(=O)N[C@H](C)c1cccc(OC(CF)CF)c1. The predicted molar refractivity (Wildman–Crippen MR) is 90.6 cm³/mol. The van der Waals surface area contributed by atoms with Crippen LogP contribution in [0.25, 0.3) is 0 Å². The van der Waals surface area contributed by atoms with Crippen LogP contribution < -0.4 is 9.46 Å². The lowest BCUT2D eigenvalue weighted by Gasteiger charge is -2.17. The number of nitrogens with one attached hydrogen (secondary N) is 1. The molecular formula is C16H25F2NO5S. The Morgan fingerprint density at radius 2 is 1.96 bits per heavy atom. The van der Waals surface area contributed by atoms with Crippen LogP contribution in [0, 0.1) is 0 Å². The highest BCUT2D eigenvalue weighted by Crippen LogP contribution is 2.21. The number of methoxy groups -OCH3 is 1. The Morgan fingerprint density at radius 1 is 1.24 bits per heavy atom. The van der Waals surface area contributed by atoms with Gasteiger partial charge < -0.3 is 14.2 Å². The van der Waals surface area contributed by atoms with Crippen molar-refractivity contribution in [3.8, 4) is 5.75 Å². The van der Waals surface area contributed by atoms with Crippen molar-refractivity contribution in [2.45, 2.75) is 25.5 Å². The van der Waals surface area contributed by atoms with Crippen molar-refractivity contribution in [1.82, 2.24) is 4.72 Å². The maximum Gasteiger partial charge on any atom is 0.212 e. The third kappa shape index (κ3) is 8.57. The van der Waals surface area contributed by atoms with Crippen LogP contribution in [0.1, 0.15) is 24.9 Å². The number of alkyl halides is 2. The maximum atomic E-state index is 12.5. The molecule has 0 saturated carbocycles. The standard InChI is InChI=1S/C16H25F2NO5S/c1-13(19-25(20,21)8-4-7-23-12-22-2)14-5-3-6-15(9-14)24-16(10-17)11-18/h3,5-6,9,13,16,19H,4,7-8,10-12H2,1-2H3/t13-/m1/s1. The normalized spacial score (nSPS) is 13.2. The average Bonchev–Trinajstić information content (AvgIpc) is 2.59. The molecule has 9 heteroatoms. The van der Waals surface area contributed by atoms with E-state index in [0.29, 0.717) is 12.0 Å². The van der Waals surface area contributed by atoms with Crippen molar-refractivity contribution in [3.05, 3.63) is 29.8 Å². The molecule has 6 nitrogen and oxygen atoms in total. The Balaban J connectivity index is 2.59. The molecule has 144 valence electrons. The maximum absolute atomic E-state index is 12.5. The Morgan fingerprint density at radius 3 is 2.60 bits per heavy atom. The molecule has 0 aromatic heterocycles. The van der Waals surface area contributed by atoms with Gasteiger partial charge in [0.1, 0.15) is 25.9 Å². The van der Waals surface area contributed by atoms with Gasteiger partial charge in [0.25, 0.3) is 0 Å². The van der Waals surface area contributed by atoms with Crippen molar-refractivity contribution < 1.29 is 31.4 Å². The van der Waals surface area contributed by atoms with Crippen LogP contribution in [0.15, 0.2) is 24.3 Å². The lowest BCUT2D eigenvalue weighted by atomic mass is 10.1. The molecule has 0 spiro atoms. The summed E-state index contributed by atoms with van der Waals surface area (Å²) in [4.78, 5) is 0. The summed E-state index contributed by atoms with van der Waals surface area (Å²) in [6.07, 6.45) is -0.821. The van der Waals surface area contributed by atoms with Gasteiger partial charge in [-0.2, -0.15) is 0 Å². The van der Waals surface area contributed by atoms with Crippen LogP contribution in [-0.4, -0.2) is 54.1 Å². The zero-order valence-corrected chi connectivity index (χ0v) is 15.2. The Bertz CT molecular complexity index is 596. The lowest BCUT2D eigenvalue weighted by molar-refractivity contribution is -0.0298. The van der Waals surface area contributed by atoms with Crippen molar-refractivity contribution in [2.24, 2.45) is 0 Å². The summed E-state index contributed by atoms with van der Waals surface area (Å²) in [6, 6.07) is 5.97. The topological polar surface area (TPSA) is 73.9 Å². The number of hydrogen-bond acceptors (Lipinski definition) is 5. The van der Waals surface area contributed by atoms with Crippen molar-refractivity contribution in [2.75, 3.05) is 39.6 Å². The van der Waals surface area contributed by atoms with Crippen LogP contribution >= 0.6 is 0 Å². The molecule has 0 aliphatic rings. The van der Waals surface area contributed by atoms with Crippen molar-refractivity contribution >= 4 is 10.0 Å². The van der Waals surface area contributed by atoms with Crippen LogP contribution in [-0.2, 0) is 19.5 Å². The first-order valence-electron chi connectivity index (χ1n) is 7.87. The highest BCUT2D eigenvalue weighted by Gasteiger charge is 2.17. The Hall–Kier alpha value is -1.29. The number of halogens is 2. The van der Waals surface area contributed by atoms with Gasteiger partial charge in [-0.1, -0.05) is 12.1 Å². The molecule has 1 rings (SSSR count). The zero-order chi connectivity index (χ0) is 18.7. The second-order valence-electron chi connectivity index (χ2n) is 5.45. The van der Waals surface area contributed by atoms with E-state index in [1.807, 2.05) is 0 Å². The first-order valence-corrected chi connectivity index (χ1v) is 9.52. The monoisotopic (exact) mass is 381 g/mol. The number of sulfonamides is 1. The van der Waals surface area contributed by atoms with E-state index in [9.17, 15) is 17.2 Å². The average molecular weight is 381 g/mol. The summed E-state index contributed by atoms with van der Waals surface area (Å²) in [6.45, 7) is 0.206. The molecule has 25 heavy (non-hydrogen) atoms. The number of hydrogen-bond donors (Lipinski definition) is 1. The van der Waals surface area contributed by atoms with Gasteiger partial charge in [-0.25, -0.2) is 21.9 Å². The molecule has 1 aromatic rings. The molecule has 0 saturated heterocycles. The molecule has 1 atom stereocenters. The van der Waals surface area contributed by atoms with E-state index in [1.165, 1.54) is 7.11 Å². The number of ether oxygens (including phenoxy) is 3. The fourth-order valence-corrected chi connectivity index (χ4v) is 3.33. The first-order chi connectivity index (χ1) is 11.9. The summed E-state index contributed by atoms with van der Waals surface area (Å²) in [5, 5.41) is 0. The fraction of sp³-hybridized carbons (Fsp3) is 0.625. The van der Waals surface area contributed by atoms with E-state index in [4.69, 9.17) is 14.2 Å². The third-order valence-corrected chi connectivity index (χ3v) is 4.80. The molecular weight excluding hydrogens is 356 g/mol. The second kappa shape index (κ2) is 11.3. The van der Waals surface area contributed by atoms with Crippen LogP contribution in [0.3, 0.4) is 0 Å². The van der Waals surface area contributed by atoms with Gasteiger partial charge >= 0.3 is 0 Å². The van der Waals surface area contributed by atoms with Gasteiger partial charge in [0.05, 0.1) is 12.4 Å². The molecule has 0 amide bonds. The van der Waals surface area contributed by atoms with E-state index in [1.54, 1.807) is 31.2 Å². The van der Waals surface area contributed by atoms with Gasteiger partial charge in [-0.3, -0.25) is 0 Å². The molecule has 0 aliphatic carbocycles. The highest BCUT2D eigenvalue weighted by atomic mass is 32.2. The summed E-state index contributed by atoms with van der Waals surface area (Å²) in [7, 11) is -2.01. The van der Waals surface area contributed by atoms with E-state index >= 15 is 0 Å². The smallest absolute Gasteiger partial charge is 0.212 e. The van der Waals surface area contributed by atoms with E-state index in [-0.39, 0.29) is 24.9 Å². The van der Waals surface area contributed by atoms with Crippen molar-refractivity contribution in [3.63, 3.8) is 0 Å². The van der Waals surface area contributed by atoms with Gasteiger partial charge in [-0.15, -0.1) is 0 Å².